The summed E-state index contributed by atoms with van der Waals surface area (Å²) >= 11 is 0. The molecule has 2 heterocycles. The van der Waals surface area contributed by atoms with Gasteiger partial charge in [-0.3, -0.25) is 43.8 Å². The van der Waals surface area contributed by atoms with E-state index in [2.05, 4.69) is 37.2 Å². The zero-order valence-corrected chi connectivity index (χ0v) is 33.3. The fraction of sp³-hybridized carbons (Fsp3) is 0.688. The van der Waals surface area contributed by atoms with Crippen LogP contribution in [0.15, 0.2) is 0 Å². The van der Waals surface area contributed by atoms with Gasteiger partial charge in [0, 0.05) is 24.6 Å². The number of aliphatic hydroxyl groups is 1. The van der Waals surface area contributed by atoms with Crippen LogP contribution >= 0.6 is 21.6 Å². The Morgan fingerprint density at radius 3 is 2.21 bits per heavy atom. The number of hydrogen-bond acceptors (Lipinski definition) is 15. The van der Waals surface area contributed by atoms with Gasteiger partial charge in [-0.1, -0.05) is 21.6 Å². The third kappa shape index (κ3) is 16.9. The lowest BCUT2D eigenvalue weighted by Crippen LogP contribution is -2.60. The number of nitrogens with two attached hydrogens (primary N) is 3. The van der Waals surface area contributed by atoms with Crippen LogP contribution in [0.2, 0.25) is 0 Å². The Labute approximate surface area is 341 Å². The lowest BCUT2D eigenvalue weighted by atomic mass is 10.1. The van der Waals surface area contributed by atoms with Gasteiger partial charge < -0.3 is 74.6 Å². The number of rotatable bonds is 14. The van der Waals surface area contributed by atoms with Crippen LogP contribution in [0.1, 0.15) is 51.4 Å². The zero-order valence-electron chi connectivity index (χ0n) is 31.7. The molecule has 0 aromatic rings. The van der Waals surface area contributed by atoms with Gasteiger partial charge in [0.15, 0.2) is 5.96 Å². The Hall–Kier alpha value is -4.92. The van der Waals surface area contributed by atoms with Crippen molar-refractivity contribution >= 4 is 80.8 Å². The van der Waals surface area contributed by atoms with Crippen molar-refractivity contribution in [3.05, 3.63) is 0 Å². The van der Waals surface area contributed by atoms with Crippen molar-refractivity contribution in [1.29, 1.82) is 5.41 Å². The van der Waals surface area contributed by atoms with E-state index in [1.54, 1.807) is 0 Å². The normalized spacial score (nSPS) is 25.1. The van der Waals surface area contributed by atoms with Gasteiger partial charge in [-0.05, 0) is 51.5 Å². The summed E-state index contributed by atoms with van der Waals surface area (Å²) in [7, 11) is 2.06. The lowest BCUT2D eigenvalue weighted by molar-refractivity contribution is -0.145. The van der Waals surface area contributed by atoms with E-state index in [9.17, 15) is 58.5 Å². The molecular formula is C32H54N12O12S2. The first kappa shape index (κ1) is 49.2. The molecular weight excluding hydrogens is 809 g/mol. The number of unbranched alkanes of at least 4 members (excludes halogenated alkanes) is 1. The summed E-state index contributed by atoms with van der Waals surface area (Å²) in [6, 6.07) is -10.0. The highest BCUT2D eigenvalue weighted by Crippen LogP contribution is 2.24. The third-order valence-electron chi connectivity index (χ3n) is 8.80. The van der Waals surface area contributed by atoms with Gasteiger partial charge in [0.2, 0.25) is 41.4 Å². The Kier molecular flexibility index (Phi) is 21.6. The predicted octanol–water partition coefficient (Wildman–Crippen LogP) is -5.82. The highest BCUT2D eigenvalue weighted by molar-refractivity contribution is 8.76. The number of nitrogens with one attached hydrogen (secondary N) is 8. The van der Waals surface area contributed by atoms with Crippen LogP contribution in [0.3, 0.4) is 0 Å². The van der Waals surface area contributed by atoms with E-state index < -0.39 is 115 Å². The second-order valence-corrected chi connectivity index (χ2v) is 15.9. The number of hydrogen-bond donors (Lipinski definition) is 14. The van der Waals surface area contributed by atoms with E-state index in [0.29, 0.717) is 25.8 Å². The lowest BCUT2D eigenvalue weighted by Gasteiger charge is -2.30. The molecule has 0 saturated carbocycles. The molecule has 0 spiro atoms. The highest BCUT2D eigenvalue weighted by atomic mass is 33.1. The number of amides is 7. The van der Waals surface area contributed by atoms with Crippen LogP contribution in [0.5, 0.6) is 0 Å². The molecule has 7 atom stereocenters. The fourth-order valence-corrected chi connectivity index (χ4v) is 8.03. The Morgan fingerprint density at radius 2 is 1.57 bits per heavy atom. The second-order valence-electron chi connectivity index (χ2n) is 13.3. The first-order valence-corrected chi connectivity index (χ1v) is 20.9. The number of aliphatic carboxylic acids is 2. The second kappa shape index (κ2) is 25.4. The summed E-state index contributed by atoms with van der Waals surface area (Å²) in [6.07, 6.45) is 0.390. The van der Waals surface area contributed by atoms with Crippen molar-refractivity contribution in [2.75, 3.05) is 44.3 Å². The van der Waals surface area contributed by atoms with Gasteiger partial charge in [-0.25, -0.2) is 4.79 Å². The number of nitrogens with zero attached hydrogens (tertiary/aromatic N) is 1. The van der Waals surface area contributed by atoms with E-state index in [1.807, 2.05) is 0 Å². The van der Waals surface area contributed by atoms with Crippen molar-refractivity contribution < 1.29 is 58.5 Å². The smallest absolute Gasteiger partial charge is 0.326 e. The largest absolute Gasteiger partial charge is 0.481 e. The predicted molar refractivity (Wildman–Crippen MR) is 209 cm³/mol. The molecule has 326 valence electrons. The number of carbonyl (C=O) groups excluding carboxylic acids is 7. The molecule has 0 aliphatic carbocycles. The minimum absolute atomic E-state index is 0.0118. The fourth-order valence-electron chi connectivity index (χ4n) is 5.75. The summed E-state index contributed by atoms with van der Waals surface area (Å²) in [4.78, 5) is 118. The van der Waals surface area contributed by atoms with Crippen LogP contribution in [0, 0.1) is 5.41 Å². The molecule has 0 aromatic carbocycles. The quantitative estimate of drug-likeness (QED) is 0.0335. The van der Waals surface area contributed by atoms with E-state index in [4.69, 9.17) is 22.6 Å². The van der Waals surface area contributed by atoms with E-state index in [1.165, 1.54) is 0 Å². The molecule has 2 aliphatic rings. The van der Waals surface area contributed by atoms with Crippen LogP contribution in [-0.2, 0) is 43.2 Å². The van der Waals surface area contributed by atoms with Gasteiger partial charge in [0.05, 0.1) is 25.6 Å². The first-order chi connectivity index (χ1) is 27.5. The first-order valence-electron chi connectivity index (χ1n) is 18.4. The summed E-state index contributed by atoms with van der Waals surface area (Å²) in [5.74, 6) is -9.84. The molecule has 2 fully saturated rings. The number of carbonyl (C=O) groups is 9. The molecule has 58 heavy (non-hydrogen) atoms. The van der Waals surface area contributed by atoms with Gasteiger partial charge in [-0.2, -0.15) is 0 Å². The van der Waals surface area contributed by atoms with Crippen LogP contribution in [0.4, 0.5) is 0 Å². The van der Waals surface area contributed by atoms with E-state index in [-0.39, 0.29) is 56.2 Å². The van der Waals surface area contributed by atoms with Crippen molar-refractivity contribution in [3.8, 4) is 0 Å². The summed E-state index contributed by atoms with van der Waals surface area (Å²) in [5, 5.41) is 53.4. The number of aliphatic hydroxyl groups excluding tert-OH is 1. The van der Waals surface area contributed by atoms with Gasteiger partial charge >= 0.3 is 11.9 Å². The van der Waals surface area contributed by atoms with Crippen molar-refractivity contribution in [2.45, 2.75) is 93.7 Å². The highest BCUT2D eigenvalue weighted by Gasteiger charge is 2.40. The van der Waals surface area contributed by atoms with Gasteiger partial charge in [0.25, 0.3) is 0 Å². The molecule has 2 rings (SSSR count). The van der Waals surface area contributed by atoms with Gasteiger partial charge in [0.1, 0.15) is 36.3 Å². The average Bonchev–Trinajstić information content (AvgIpc) is 3.67. The van der Waals surface area contributed by atoms with Crippen molar-refractivity contribution in [2.24, 2.45) is 17.2 Å². The maximum atomic E-state index is 13.7. The minimum Gasteiger partial charge on any atom is -0.481 e. The molecule has 2 aliphatic heterocycles. The molecule has 17 N–H and O–H groups in total. The number of carboxylic acid groups (broad SMARTS) is 2. The molecule has 24 nitrogen and oxygen atoms in total. The Morgan fingerprint density at radius 1 is 0.897 bits per heavy atom. The number of guanidine groups is 1. The molecule has 2 saturated heterocycles. The van der Waals surface area contributed by atoms with Crippen molar-refractivity contribution in [3.63, 3.8) is 0 Å². The molecule has 26 heteroatoms. The zero-order chi connectivity index (χ0) is 43.4. The number of carboxylic acids is 2. The average molecular weight is 863 g/mol. The standard InChI is InChI=1S/C32H54N12O12S2/c33-8-2-1-5-18(31(55)56)40-28(52)21-15-58-57-14-16(34)25(49)38-12-23(46)39-17(6-3-9-37-32(35)36)26(50)41-19(11-24(47)48)27(51)42-20(13-45)30(54)44-10-4-7-22(44)29(53)43-21/h16-22,45H,1-15,33-34H2,(H,38,49)(H,39,46)(H,40,52)(H,41,50)(H,42,51)(H,43,53)(H,47,48)(H,55,56)(H4,35,36,37)/t16-,17-,18-,19-,20-,21-,22-/m0/s1. The van der Waals surface area contributed by atoms with Crippen LogP contribution < -0.4 is 54.4 Å². The summed E-state index contributed by atoms with van der Waals surface area (Å²) in [5.41, 5.74) is 16.8. The van der Waals surface area contributed by atoms with Crippen LogP contribution in [0.25, 0.3) is 0 Å². The summed E-state index contributed by atoms with van der Waals surface area (Å²) in [6.45, 7) is -1.27. The Bertz CT molecular complexity index is 1510. The van der Waals surface area contributed by atoms with Crippen molar-refractivity contribution in [1.82, 2.24) is 42.1 Å². The number of fused-ring (bicyclic) bond motifs is 1. The molecule has 7 amide bonds. The SMILES string of the molecule is N=C(N)NCCC[C@@H]1NC(=O)CNC(=O)[C@@H](N)CSSC[C@@H](C(=O)N[C@@H](CCCCN)C(=O)O)NC(=O)[C@@H]2CCCN2C(=O)[C@H](CO)NC(=O)[C@H](CC(=O)O)NC1=O. The monoisotopic (exact) mass is 862 g/mol. The molecule has 0 aromatic heterocycles. The molecule has 0 unspecified atom stereocenters. The topological polar surface area (TPSA) is 404 Å². The third-order valence-corrected chi connectivity index (χ3v) is 11.3. The maximum Gasteiger partial charge on any atom is 0.326 e. The van der Waals surface area contributed by atoms with E-state index >= 15 is 0 Å². The van der Waals surface area contributed by atoms with Crippen LogP contribution in [-0.4, -0.2) is 166 Å². The molecule has 0 radical (unpaired) electrons. The van der Waals surface area contributed by atoms with Gasteiger partial charge in [-0.15, -0.1) is 0 Å². The summed E-state index contributed by atoms with van der Waals surface area (Å²) < 4.78 is 0. The maximum absolute atomic E-state index is 13.7. The van der Waals surface area contributed by atoms with E-state index in [0.717, 1.165) is 26.5 Å². The minimum atomic E-state index is -1.84. The molecule has 0 bridgehead atoms. The Balaban J connectivity index is 2.44.